The van der Waals surface area contributed by atoms with Gasteiger partial charge in [-0.2, -0.15) is 0 Å². The molecule has 0 atom stereocenters. The fourth-order valence-corrected chi connectivity index (χ4v) is 2.52. The Morgan fingerprint density at radius 2 is 1.84 bits per heavy atom. The molecule has 4 heteroatoms. The van der Waals surface area contributed by atoms with E-state index in [1.165, 1.54) is 24.8 Å². The zero-order valence-corrected chi connectivity index (χ0v) is 10.8. The molecule has 0 amide bonds. The topological polar surface area (TPSA) is 49.9 Å². The summed E-state index contributed by atoms with van der Waals surface area (Å²) in [5, 5.41) is 2.66. The van der Waals surface area contributed by atoms with Gasteiger partial charge in [0, 0.05) is 18.2 Å². The van der Waals surface area contributed by atoms with Crippen LogP contribution < -0.4 is 10.3 Å². The van der Waals surface area contributed by atoms with Crippen LogP contribution in [0.1, 0.15) is 37.8 Å². The predicted molar refractivity (Wildman–Crippen MR) is 71.9 cm³/mol. The Balaban J connectivity index is 2.02. The second kappa shape index (κ2) is 5.26. The van der Waals surface area contributed by atoms with Crippen molar-refractivity contribution >= 4 is 6.08 Å². The Morgan fingerprint density at radius 1 is 1.11 bits per heavy atom. The fraction of sp³-hybridized carbons (Fsp3) is 0.333. The monoisotopic (exact) mass is 257 g/mol. The Kier molecular flexibility index (Phi) is 3.31. The van der Waals surface area contributed by atoms with Crippen LogP contribution in [-0.4, -0.2) is 5.27 Å². The summed E-state index contributed by atoms with van der Waals surface area (Å²) >= 11 is 0. The molecule has 0 saturated heterocycles. The smallest absolute Gasteiger partial charge is 0.282 e. The second-order valence-corrected chi connectivity index (χ2v) is 4.90. The Morgan fingerprint density at radius 3 is 2.58 bits per heavy atom. The first kappa shape index (κ1) is 12.0. The lowest BCUT2D eigenvalue weighted by molar-refractivity contribution is -0.672. The molecule has 0 bridgehead atoms. The van der Waals surface area contributed by atoms with Gasteiger partial charge in [-0.25, -0.2) is 4.79 Å². The van der Waals surface area contributed by atoms with Crippen molar-refractivity contribution in [3.8, 4) is 5.69 Å². The summed E-state index contributed by atoms with van der Waals surface area (Å²) < 4.78 is 6.63. The molecule has 4 nitrogen and oxygen atoms in total. The van der Waals surface area contributed by atoms with Crippen LogP contribution in [0.3, 0.4) is 0 Å². The lowest BCUT2D eigenvalue weighted by Crippen LogP contribution is -2.36. The van der Waals surface area contributed by atoms with Crippen LogP contribution in [0, 0.1) is 0 Å². The van der Waals surface area contributed by atoms with Crippen molar-refractivity contribution in [2.45, 2.75) is 32.1 Å². The number of hydrogen-bond donors (Lipinski definition) is 1. The molecule has 0 spiro atoms. The van der Waals surface area contributed by atoms with E-state index in [9.17, 15) is 4.79 Å². The molecular formula is C15H17N2O2+. The summed E-state index contributed by atoms with van der Waals surface area (Å²) in [5.74, 6) is 0. The summed E-state index contributed by atoms with van der Waals surface area (Å²) in [6.07, 6.45) is 7.87. The van der Waals surface area contributed by atoms with Crippen LogP contribution in [0.25, 0.3) is 11.8 Å². The van der Waals surface area contributed by atoms with E-state index in [1.807, 2.05) is 36.4 Å². The highest BCUT2D eigenvalue weighted by atomic mass is 16.5. The zero-order chi connectivity index (χ0) is 13.1. The third-order valence-corrected chi connectivity index (χ3v) is 3.53. The van der Waals surface area contributed by atoms with E-state index in [-0.39, 0.29) is 5.63 Å². The maximum atomic E-state index is 11.8. The minimum absolute atomic E-state index is 0.318. The van der Waals surface area contributed by atoms with Crippen molar-refractivity contribution in [3.05, 3.63) is 52.0 Å². The fourth-order valence-electron chi connectivity index (χ4n) is 2.52. The molecule has 0 unspecified atom stereocenters. The SMILES string of the molecule is O=c1o[nH][n+](-c2ccccc2)c1C=C1CCCCC1. The molecule has 1 aliphatic carbocycles. The van der Waals surface area contributed by atoms with Crippen LogP contribution >= 0.6 is 0 Å². The number of H-pyrrole nitrogens is 1. The quantitative estimate of drug-likeness (QED) is 0.841. The predicted octanol–water partition coefficient (Wildman–Crippen LogP) is 2.59. The number of nitrogens with one attached hydrogen (secondary N) is 1. The van der Waals surface area contributed by atoms with E-state index >= 15 is 0 Å². The molecule has 3 rings (SSSR count). The van der Waals surface area contributed by atoms with Crippen LogP contribution in [-0.2, 0) is 0 Å². The van der Waals surface area contributed by atoms with Gasteiger partial charge in [-0.15, -0.1) is 0 Å². The van der Waals surface area contributed by atoms with Crippen LogP contribution in [0.4, 0.5) is 0 Å². The number of benzene rings is 1. The molecular weight excluding hydrogens is 240 g/mol. The maximum absolute atomic E-state index is 11.8. The average molecular weight is 257 g/mol. The van der Waals surface area contributed by atoms with Crippen molar-refractivity contribution in [2.75, 3.05) is 0 Å². The molecule has 0 aliphatic heterocycles. The Bertz CT molecular complexity index is 630. The van der Waals surface area contributed by atoms with E-state index in [1.54, 1.807) is 4.68 Å². The number of rotatable bonds is 2. The van der Waals surface area contributed by atoms with Crippen molar-refractivity contribution in [3.63, 3.8) is 0 Å². The average Bonchev–Trinajstić information content (AvgIpc) is 2.82. The molecule has 2 aromatic rings. The van der Waals surface area contributed by atoms with Gasteiger partial charge in [-0.1, -0.05) is 30.2 Å². The highest BCUT2D eigenvalue weighted by Crippen LogP contribution is 2.23. The van der Waals surface area contributed by atoms with Gasteiger partial charge < -0.3 is 0 Å². The highest BCUT2D eigenvalue weighted by molar-refractivity contribution is 5.46. The van der Waals surface area contributed by atoms with E-state index in [0.717, 1.165) is 18.5 Å². The van der Waals surface area contributed by atoms with Gasteiger partial charge in [-0.05, 0) is 35.6 Å². The number of aromatic amines is 1. The maximum Gasteiger partial charge on any atom is 0.435 e. The molecule has 1 aromatic carbocycles. The molecule has 1 aliphatic rings. The third-order valence-electron chi connectivity index (χ3n) is 3.53. The van der Waals surface area contributed by atoms with Gasteiger partial charge in [0.05, 0.1) is 0 Å². The molecule has 1 saturated carbocycles. The van der Waals surface area contributed by atoms with Gasteiger partial charge >= 0.3 is 11.3 Å². The van der Waals surface area contributed by atoms with Gasteiger partial charge in [0.25, 0.3) is 0 Å². The molecule has 1 N–H and O–H groups in total. The first-order valence-electron chi connectivity index (χ1n) is 6.73. The number of aromatic nitrogens is 2. The van der Waals surface area contributed by atoms with Crippen LogP contribution in [0.2, 0.25) is 0 Å². The minimum Gasteiger partial charge on any atom is -0.282 e. The summed E-state index contributed by atoms with van der Waals surface area (Å²) in [6.45, 7) is 0. The molecule has 1 heterocycles. The van der Waals surface area contributed by atoms with Crippen molar-refractivity contribution < 1.29 is 9.20 Å². The highest BCUT2D eigenvalue weighted by Gasteiger charge is 2.21. The molecule has 0 radical (unpaired) electrons. The van der Waals surface area contributed by atoms with E-state index < -0.39 is 0 Å². The van der Waals surface area contributed by atoms with Gasteiger partial charge in [-0.3, -0.25) is 4.52 Å². The first-order valence-corrected chi connectivity index (χ1v) is 6.73. The van der Waals surface area contributed by atoms with Crippen molar-refractivity contribution in [1.82, 2.24) is 5.27 Å². The zero-order valence-electron chi connectivity index (χ0n) is 10.8. The number of nitrogens with zero attached hydrogens (tertiary/aromatic N) is 1. The van der Waals surface area contributed by atoms with Crippen molar-refractivity contribution in [1.29, 1.82) is 0 Å². The molecule has 19 heavy (non-hydrogen) atoms. The summed E-state index contributed by atoms with van der Waals surface area (Å²) in [6, 6.07) is 9.69. The van der Waals surface area contributed by atoms with Crippen molar-refractivity contribution in [2.24, 2.45) is 0 Å². The third kappa shape index (κ3) is 2.52. The molecule has 1 aromatic heterocycles. The van der Waals surface area contributed by atoms with Crippen LogP contribution in [0.5, 0.6) is 0 Å². The standard InChI is InChI=1S/C15H16N2O2/c18-15-14(11-12-7-3-1-4-8-12)17(16-19-15)13-9-5-2-6-10-13/h2,5-6,9-11H,1,3-4,7-8H2/p+1. The number of allylic oxidation sites excluding steroid dienone is 1. The summed E-state index contributed by atoms with van der Waals surface area (Å²) in [5.41, 5.74) is 2.49. The van der Waals surface area contributed by atoms with Gasteiger partial charge in [0.15, 0.2) is 0 Å². The van der Waals surface area contributed by atoms with Crippen LogP contribution in [0.15, 0.2) is 45.2 Å². The Hall–Kier alpha value is -2.10. The second-order valence-electron chi connectivity index (χ2n) is 4.90. The minimum atomic E-state index is -0.318. The molecule has 1 fully saturated rings. The van der Waals surface area contributed by atoms with E-state index in [2.05, 4.69) is 5.27 Å². The van der Waals surface area contributed by atoms with Gasteiger partial charge in [0.1, 0.15) is 0 Å². The number of hydrogen-bond acceptors (Lipinski definition) is 2. The number of para-hydroxylation sites is 1. The lowest BCUT2D eigenvalue weighted by Gasteiger charge is -2.11. The van der Waals surface area contributed by atoms with Gasteiger partial charge in [0.2, 0.25) is 5.69 Å². The first-order chi connectivity index (χ1) is 9.34. The lowest BCUT2D eigenvalue weighted by atomic mass is 9.94. The van der Waals surface area contributed by atoms with E-state index in [0.29, 0.717) is 5.69 Å². The summed E-state index contributed by atoms with van der Waals surface area (Å²) in [4.78, 5) is 11.8. The van der Waals surface area contributed by atoms with E-state index in [4.69, 9.17) is 4.52 Å². The largest absolute Gasteiger partial charge is 0.435 e. The molecule has 98 valence electrons. The Labute approximate surface area is 111 Å². The normalized spacial score (nSPS) is 15.5. The summed E-state index contributed by atoms with van der Waals surface area (Å²) in [7, 11) is 0.